The number of methoxy groups -OCH3 is 1. The number of piperazine rings is 1. The number of nitrogens with zero attached hydrogens (tertiary/aromatic N) is 4. The van der Waals surface area contributed by atoms with E-state index in [9.17, 15) is 13.2 Å². The van der Waals surface area contributed by atoms with Crippen LogP contribution in [0.25, 0.3) is 11.0 Å². The highest BCUT2D eigenvalue weighted by Gasteiger charge is 2.24. The number of hydrogen-bond acceptors (Lipinski definition) is 6. The van der Waals surface area contributed by atoms with Crippen LogP contribution in [0.15, 0.2) is 47.4 Å². The molecule has 1 aromatic heterocycles. The van der Waals surface area contributed by atoms with Gasteiger partial charge in [-0.15, -0.1) is 0 Å². The average Bonchev–Trinajstić information content (AvgIpc) is 3.20. The lowest BCUT2D eigenvalue weighted by molar-refractivity contribution is 0.0626. The molecular formula is C22H27N5O4S. The summed E-state index contributed by atoms with van der Waals surface area (Å²) < 4.78 is 30.8. The highest BCUT2D eigenvalue weighted by molar-refractivity contribution is 7.89. The fraction of sp³-hybridized carbons (Fsp3) is 0.364. The van der Waals surface area contributed by atoms with Crippen molar-refractivity contribution >= 4 is 27.0 Å². The molecule has 2 aromatic carbocycles. The number of aromatic amines is 1. The predicted octanol–water partition coefficient (Wildman–Crippen LogP) is 1.78. The van der Waals surface area contributed by atoms with Crippen molar-refractivity contribution in [1.82, 2.24) is 24.1 Å². The van der Waals surface area contributed by atoms with Crippen molar-refractivity contribution in [3.05, 3.63) is 53.9 Å². The molecule has 0 spiro atoms. The number of rotatable bonds is 6. The molecule has 9 nitrogen and oxygen atoms in total. The topological polar surface area (TPSA) is 98.8 Å². The van der Waals surface area contributed by atoms with E-state index >= 15 is 0 Å². The highest BCUT2D eigenvalue weighted by Crippen LogP contribution is 2.20. The molecule has 10 heteroatoms. The first-order valence-electron chi connectivity index (χ1n) is 10.3. The first-order valence-corrected chi connectivity index (χ1v) is 11.8. The highest BCUT2D eigenvalue weighted by atomic mass is 32.2. The van der Waals surface area contributed by atoms with E-state index in [4.69, 9.17) is 4.74 Å². The number of carbonyl (C=O) groups is 1. The van der Waals surface area contributed by atoms with Crippen molar-refractivity contribution in [3.8, 4) is 5.75 Å². The molecule has 32 heavy (non-hydrogen) atoms. The summed E-state index contributed by atoms with van der Waals surface area (Å²) in [5.41, 5.74) is 2.32. The van der Waals surface area contributed by atoms with Gasteiger partial charge in [-0.05, 0) is 36.4 Å². The molecule has 1 saturated heterocycles. The maximum absolute atomic E-state index is 12.9. The van der Waals surface area contributed by atoms with E-state index in [1.54, 1.807) is 24.1 Å². The minimum atomic E-state index is -3.51. The van der Waals surface area contributed by atoms with Crippen molar-refractivity contribution in [1.29, 1.82) is 0 Å². The predicted molar refractivity (Wildman–Crippen MR) is 121 cm³/mol. The summed E-state index contributed by atoms with van der Waals surface area (Å²) in [6.45, 7) is 3.35. The summed E-state index contributed by atoms with van der Waals surface area (Å²) in [7, 11) is 1.09. The molecule has 0 unspecified atom stereocenters. The molecule has 170 valence electrons. The molecule has 0 bridgehead atoms. The van der Waals surface area contributed by atoms with Crippen LogP contribution in [-0.2, 0) is 16.6 Å². The van der Waals surface area contributed by atoms with E-state index in [-0.39, 0.29) is 10.8 Å². The van der Waals surface area contributed by atoms with Gasteiger partial charge < -0.3 is 14.6 Å². The zero-order chi connectivity index (χ0) is 22.9. The van der Waals surface area contributed by atoms with E-state index in [1.807, 2.05) is 18.2 Å². The lowest BCUT2D eigenvalue weighted by atomic mass is 10.2. The summed E-state index contributed by atoms with van der Waals surface area (Å²) in [5, 5.41) is 0. The van der Waals surface area contributed by atoms with Gasteiger partial charge in [-0.1, -0.05) is 0 Å². The number of carbonyl (C=O) groups excluding carboxylic acids is 1. The van der Waals surface area contributed by atoms with Crippen LogP contribution in [0.3, 0.4) is 0 Å². The molecule has 0 radical (unpaired) electrons. The second-order valence-electron chi connectivity index (χ2n) is 7.95. The molecule has 0 saturated carbocycles. The van der Waals surface area contributed by atoms with E-state index in [0.717, 1.165) is 40.0 Å². The zero-order valence-electron chi connectivity index (χ0n) is 18.4. The van der Waals surface area contributed by atoms with Crippen LogP contribution in [0.4, 0.5) is 0 Å². The Balaban J connectivity index is 1.35. The lowest BCUT2D eigenvalue weighted by Gasteiger charge is -2.34. The van der Waals surface area contributed by atoms with Gasteiger partial charge in [-0.25, -0.2) is 17.7 Å². The van der Waals surface area contributed by atoms with Crippen LogP contribution in [0.5, 0.6) is 5.75 Å². The van der Waals surface area contributed by atoms with E-state index in [1.165, 1.54) is 26.2 Å². The number of imidazole rings is 1. The molecule has 1 aliphatic heterocycles. The fourth-order valence-corrected chi connectivity index (χ4v) is 4.63. The normalized spacial score (nSPS) is 15.4. The van der Waals surface area contributed by atoms with Gasteiger partial charge in [0.15, 0.2) is 0 Å². The SMILES string of the molecule is COc1ccc2nc(CN3CCN(C(=O)c4ccc(S(=O)(=O)N(C)C)cc4)CC3)[nH]c2c1. The van der Waals surface area contributed by atoms with Gasteiger partial charge in [0.2, 0.25) is 10.0 Å². The van der Waals surface area contributed by atoms with Crippen molar-refractivity contribution in [2.45, 2.75) is 11.4 Å². The molecule has 0 aliphatic carbocycles. The van der Waals surface area contributed by atoms with Crippen molar-refractivity contribution in [2.75, 3.05) is 47.4 Å². The van der Waals surface area contributed by atoms with Crippen LogP contribution in [0.2, 0.25) is 0 Å². The van der Waals surface area contributed by atoms with Crippen molar-refractivity contribution in [3.63, 3.8) is 0 Å². The first-order chi connectivity index (χ1) is 15.3. The van der Waals surface area contributed by atoms with Crippen molar-refractivity contribution in [2.24, 2.45) is 0 Å². The Bertz CT molecular complexity index is 1210. The van der Waals surface area contributed by atoms with Crippen LogP contribution < -0.4 is 4.74 Å². The molecule has 3 aromatic rings. The molecule has 1 N–H and O–H groups in total. The molecule has 4 rings (SSSR count). The minimum absolute atomic E-state index is 0.0886. The summed E-state index contributed by atoms with van der Waals surface area (Å²) in [4.78, 5) is 25.1. The quantitative estimate of drug-likeness (QED) is 0.606. The van der Waals surface area contributed by atoms with Gasteiger partial charge in [0.25, 0.3) is 5.91 Å². The second kappa shape index (κ2) is 8.89. The summed E-state index contributed by atoms with van der Waals surface area (Å²) >= 11 is 0. The number of nitrogens with one attached hydrogen (secondary N) is 1. The molecular weight excluding hydrogens is 430 g/mol. The fourth-order valence-electron chi connectivity index (χ4n) is 3.73. The van der Waals surface area contributed by atoms with Crippen LogP contribution >= 0.6 is 0 Å². The Kier molecular flexibility index (Phi) is 6.18. The zero-order valence-corrected chi connectivity index (χ0v) is 19.2. The number of amides is 1. The largest absolute Gasteiger partial charge is 0.497 e. The third-order valence-electron chi connectivity index (χ3n) is 5.65. The lowest BCUT2D eigenvalue weighted by Crippen LogP contribution is -2.48. The van der Waals surface area contributed by atoms with Gasteiger partial charge in [0, 0.05) is 51.9 Å². The number of benzene rings is 2. The van der Waals surface area contributed by atoms with Crippen LogP contribution in [0.1, 0.15) is 16.2 Å². The average molecular weight is 458 g/mol. The first kappa shape index (κ1) is 22.3. The monoisotopic (exact) mass is 457 g/mol. The van der Waals surface area contributed by atoms with Gasteiger partial charge in [0.1, 0.15) is 11.6 Å². The number of sulfonamides is 1. The smallest absolute Gasteiger partial charge is 0.253 e. The molecule has 0 atom stereocenters. The third kappa shape index (κ3) is 4.47. The van der Waals surface area contributed by atoms with E-state index in [0.29, 0.717) is 25.2 Å². The Morgan fingerprint density at radius 3 is 2.41 bits per heavy atom. The Hall–Kier alpha value is -2.95. The number of aromatic nitrogens is 2. The van der Waals surface area contributed by atoms with E-state index < -0.39 is 10.0 Å². The minimum Gasteiger partial charge on any atom is -0.497 e. The van der Waals surface area contributed by atoms with Gasteiger partial charge in [-0.2, -0.15) is 0 Å². The third-order valence-corrected chi connectivity index (χ3v) is 7.48. The number of hydrogen-bond donors (Lipinski definition) is 1. The summed E-state index contributed by atoms with van der Waals surface area (Å²) in [6, 6.07) is 11.9. The van der Waals surface area contributed by atoms with Gasteiger partial charge in [0.05, 0.1) is 29.6 Å². The molecule has 1 amide bonds. The number of fused-ring (bicyclic) bond motifs is 1. The Labute approximate surface area is 187 Å². The number of ether oxygens (including phenoxy) is 1. The Morgan fingerprint density at radius 1 is 1.09 bits per heavy atom. The summed E-state index contributed by atoms with van der Waals surface area (Å²) in [6.07, 6.45) is 0. The molecule has 2 heterocycles. The molecule has 1 fully saturated rings. The Morgan fingerprint density at radius 2 is 1.78 bits per heavy atom. The standard InChI is InChI=1S/C22H27N5O4S/c1-25(2)32(29,30)18-7-4-16(5-8-18)22(28)27-12-10-26(11-13-27)15-21-23-19-9-6-17(31-3)14-20(19)24-21/h4-9,14H,10-13,15H2,1-3H3,(H,23,24). The van der Waals surface area contributed by atoms with Crippen LogP contribution in [0, 0.1) is 0 Å². The summed E-state index contributed by atoms with van der Waals surface area (Å²) in [5.74, 6) is 1.58. The maximum Gasteiger partial charge on any atom is 0.253 e. The van der Waals surface area contributed by atoms with Gasteiger partial charge >= 0.3 is 0 Å². The van der Waals surface area contributed by atoms with E-state index in [2.05, 4.69) is 14.9 Å². The number of H-pyrrole nitrogens is 1. The second-order valence-corrected chi connectivity index (χ2v) is 10.1. The maximum atomic E-state index is 12.9. The molecule has 1 aliphatic rings. The van der Waals surface area contributed by atoms with Crippen molar-refractivity contribution < 1.29 is 17.9 Å². The van der Waals surface area contributed by atoms with Crippen LogP contribution in [-0.4, -0.2) is 85.8 Å². The van der Waals surface area contributed by atoms with Gasteiger partial charge in [-0.3, -0.25) is 9.69 Å².